The number of nitrogens with one attached hydrogen (secondary N) is 1. The van der Waals surface area contributed by atoms with Crippen molar-refractivity contribution in [2.45, 2.75) is 20.3 Å². The molecule has 3 nitrogen and oxygen atoms in total. The number of halogens is 1. The molecule has 0 saturated carbocycles. The van der Waals surface area contributed by atoms with Gasteiger partial charge in [-0.15, -0.1) is 0 Å². The SMILES string of the molecule is CCc1cc(Br)ccc1NC/C(C)=C/C(=O)O. The Morgan fingerprint density at radius 1 is 1.53 bits per heavy atom. The first kappa shape index (κ1) is 13.8. The lowest BCUT2D eigenvalue weighted by Crippen LogP contribution is -2.06. The van der Waals surface area contributed by atoms with Crippen LogP contribution in [0.15, 0.2) is 34.3 Å². The molecular weight excluding hydrogens is 282 g/mol. The minimum Gasteiger partial charge on any atom is -0.478 e. The van der Waals surface area contributed by atoms with Gasteiger partial charge in [0.05, 0.1) is 0 Å². The fourth-order valence-electron chi connectivity index (χ4n) is 1.52. The van der Waals surface area contributed by atoms with E-state index >= 15 is 0 Å². The second kappa shape index (κ2) is 6.45. The second-order valence-corrected chi connectivity index (χ2v) is 4.75. The van der Waals surface area contributed by atoms with Crippen molar-refractivity contribution in [2.75, 3.05) is 11.9 Å². The molecule has 0 unspecified atom stereocenters. The highest BCUT2D eigenvalue weighted by Crippen LogP contribution is 2.21. The number of carboxylic acid groups (broad SMARTS) is 1. The Hall–Kier alpha value is -1.29. The van der Waals surface area contributed by atoms with Crippen molar-refractivity contribution >= 4 is 27.6 Å². The van der Waals surface area contributed by atoms with E-state index in [1.165, 1.54) is 11.6 Å². The van der Waals surface area contributed by atoms with Crippen LogP contribution in [0.1, 0.15) is 19.4 Å². The summed E-state index contributed by atoms with van der Waals surface area (Å²) in [5, 5.41) is 11.9. The number of rotatable bonds is 5. The van der Waals surface area contributed by atoms with Crippen LogP contribution in [0.3, 0.4) is 0 Å². The fraction of sp³-hybridized carbons (Fsp3) is 0.308. The Bertz CT molecular complexity index is 441. The summed E-state index contributed by atoms with van der Waals surface area (Å²) in [6.07, 6.45) is 2.15. The van der Waals surface area contributed by atoms with E-state index in [1.54, 1.807) is 6.92 Å². The predicted octanol–water partition coefficient (Wildman–Crippen LogP) is 3.45. The Kier molecular flexibility index (Phi) is 5.22. The molecule has 2 N–H and O–H groups in total. The summed E-state index contributed by atoms with van der Waals surface area (Å²) >= 11 is 3.43. The zero-order chi connectivity index (χ0) is 12.8. The smallest absolute Gasteiger partial charge is 0.328 e. The van der Waals surface area contributed by atoms with Gasteiger partial charge in [-0.05, 0) is 42.7 Å². The number of hydrogen-bond donors (Lipinski definition) is 2. The molecule has 0 aromatic heterocycles. The van der Waals surface area contributed by atoms with Crippen LogP contribution in [0.25, 0.3) is 0 Å². The predicted molar refractivity (Wildman–Crippen MR) is 73.4 cm³/mol. The number of aliphatic carboxylic acids is 1. The van der Waals surface area contributed by atoms with Crippen molar-refractivity contribution in [1.29, 1.82) is 0 Å². The number of anilines is 1. The van der Waals surface area contributed by atoms with Crippen molar-refractivity contribution in [3.05, 3.63) is 39.9 Å². The lowest BCUT2D eigenvalue weighted by atomic mass is 10.1. The van der Waals surface area contributed by atoms with Crippen LogP contribution in [0.4, 0.5) is 5.69 Å². The number of benzene rings is 1. The summed E-state index contributed by atoms with van der Waals surface area (Å²) in [6.45, 7) is 4.43. The maximum absolute atomic E-state index is 10.5. The second-order valence-electron chi connectivity index (χ2n) is 3.84. The van der Waals surface area contributed by atoms with Crippen LogP contribution in [0.5, 0.6) is 0 Å². The van der Waals surface area contributed by atoms with Crippen molar-refractivity contribution in [3.63, 3.8) is 0 Å². The van der Waals surface area contributed by atoms with E-state index in [0.717, 1.165) is 22.2 Å². The van der Waals surface area contributed by atoms with Crippen LogP contribution in [0.2, 0.25) is 0 Å². The molecule has 0 aliphatic heterocycles. The van der Waals surface area contributed by atoms with Gasteiger partial charge in [0.1, 0.15) is 0 Å². The molecule has 0 saturated heterocycles. The minimum atomic E-state index is -0.907. The molecule has 17 heavy (non-hydrogen) atoms. The number of aryl methyl sites for hydroxylation is 1. The van der Waals surface area contributed by atoms with E-state index in [4.69, 9.17) is 5.11 Å². The Balaban J connectivity index is 2.72. The van der Waals surface area contributed by atoms with Gasteiger partial charge in [-0.3, -0.25) is 0 Å². The molecule has 0 radical (unpaired) electrons. The molecule has 0 bridgehead atoms. The van der Waals surface area contributed by atoms with Crippen molar-refractivity contribution in [3.8, 4) is 0 Å². The molecule has 0 aliphatic rings. The van der Waals surface area contributed by atoms with Gasteiger partial charge in [0.2, 0.25) is 0 Å². The van der Waals surface area contributed by atoms with Gasteiger partial charge in [-0.1, -0.05) is 22.9 Å². The van der Waals surface area contributed by atoms with E-state index in [0.29, 0.717) is 6.54 Å². The molecule has 1 aromatic rings. The van der Waals surface area contributed by atoms with E-state index in [9.17, 15) is 4.79 Å². The summed E-state index contributed by atoms with van der Waals surface area (Å²) in [7, 11) is 0. The quantitative estimate of drug-likeness (QED) is 0.819. The first-order chi connectivity index (χ1) is 8.02. The van der Waals surface area contributed by atoms with Crippen LogP contribution in [-0.4, -0.2) is 17.6 Å². The maximum atomic E-state index is 10.5. The molecule has 92 valence electrons. The van der Waals surface area contributed by atoms with E-state index in [-0.39, 0.29) is 0 Å². The third-order valence-corrected chi connectivity index (χ3v) is 2.87. The van der Waals surface area contributed by atoms with Gasteiger partial charge in [0.25, 0.3) is 0 Å². The number of carboxylic acids is 1. The summed E-state index contributed by atoms with van der Waals surface area (Å²) in [5.41, 5.74) is 3.05. The lowest BCUT2D eigenvalue weighted by Gasteiger charge is -2.11. The summed E-state index contributed by atoms with van der Waals surface area (Å²) in [4.78, 5) is 10.5. The van der Waals surface area contributed by atoms with Crippen LogP contribution < -0.4 is 5.32 Å². The van der Waals surface area contributed by atoms with Crippen LogP contribution in [-0.2, 0) is 11.2 Å². The standard InChI is InChI=1S/C13H16BrNO2/c1-3-10-7-11(14)4-5-12(10)15-8-9(2)6-13(16)17/h4-7,15H,3,8H2,1-2H3,(H,16,17)/b9-6+. The zero-order valence-electron chi connectivity index (χ0n) is 9.96. The highest BCUT2D eigenvalue weighted by atomic mass is 79.9. The average Bonchev–Trinajstić information content (AvgIpc) is 2.26. The summed E-state index contributed by atoms with van der Waals surface area (Å²) < 4.78 is 1.05. The average molecular weight is 298 g/mol. The van der Waals surface area contributed by atoms with Gasteiger partial charge in [0, 0.05) is 22.8 Å². The van der Waals surface area contributed by atoms with E-state index in [2.05, 4.69) is 34.2 Å². The van der Waals surface area contributed by atoms with Gasteiger partial charge < -0.3 is 10.4 Å². The molecule has 1 rings (SSSR count). The van der Waals surface area contributed by atoms with Gasteiger partial charge in [-0.25, -0.2) is 4.79 Å². The number of carbonyl (C=O) groups is 1. The monoisotopic (exact) mass is 297 g/mol. The van der Waals surface area contributed by atoms with Crippen molar-refractivity contribution in [2.24, 2.45) is 0 Å². The van der Waals surface area contributed by atoms with Crippen LogP contribution >= 0.6 is 15.9 Å². The molecule has 0 heterocycles. The topological polar surface area (TPSA) is 49.3 Å². The van der Waals surface area contributed by atoms with Crippen molar-refractivity contribution < 1.29 is 9.90 Å². The van der Waals surface area contributed by atoms with Crippen LogP contribution in [0, 0.1) is 0 Å². The molecular formula is C13H16BrNO2. The minimum absolute atomic E-state index is 0.543. The molecule has 0 fully saturated rings. The third kappa shape index (κ3) is 4.61. The van der Waals surface area contributed by atoms with Crippen molar-refractivity contribution in [1.82, 2.24) is 0 Å². The molecule has 4 heteroatoms. The molecule has 1 aromatic carbocycles. The Morgan fingerprint density at radius 3 is 2.82 bits per heavy atom. The van der Waals surface area contributed by atoms with Gasteiger partial charge in [0.15, 0.2) is 0 Å². The van der Waals surface area contributed by atoms with E-state index < -0.39 is 5.97 Å². The molecule has 0 spiro atoms. The third-order valence-electron chi connectivity index (χ3n) is 2.38. The van der Waals surface area contributed by atoms with Gasteiger partial charge in [-0.2, -0.15) is 0 Å². The largest absolute Gasteiger partial charge is 0.478 e. The molecule has 0 amide bonds. The Labute approximate surface area is 110 Å². The molecule has 0 atom stereocenters. The Morgan fingerprint density at radius 2 is 2.24 bits per heavy atom. The zero-order valence-corrected chi connectivity index (χ0v) is 11.5. The highest BCUT2D eigenvalue weighted by molar-refractivity contribution is 9.10. The number of hydrogen-bond acceptors (Lipinski definition) is 2. The summed E-state index contributed by atoms with van der Waals surface area (Å²) in [5.74, 6) is -0.907. The molecule has 0 aliphatic carbocycles. The highest BCUT2D eigenvalue weighted by Gasteiger charge is 2.01. The van der Waals surface area contributed by atoms with E-state index in [1.807, 2.05) is 12.1 Å². The lowest BCUT2D eigenvalue weighted by molar-refractivity contribution is -0.131. The fourth-order valence-corrected chi connectivity index (χ4v) is 1.93. The maximum Gasteiger partial charge on any atom is 0.328 e. The first-order valence-electron chi connectivity index (χ1n) is 5.45. The normalized spacial score (nSPS) is 11.4. The first-order valence-corrected chi connectivity index (χ1v) is 6.24. The van der Waals surface area contributed by atoms with Gasteiger partial charge >= 0.3 is 5.97 Å². The summed E-state index contributed by atoms with van der Waals surface area (Å²) in [6, 6.07) is 6.03.